The molecular formula is C18H11ClF2N4. The monoisotopic (exact) mass is 356 g/mol. The highest BCUT2D eigenvalue weighted by atomic mass is 35.5. The third-order valence-electron chi connectivity index (χ3n) is 3.83. The van der Waals surface area contributed by atoms with E-state index in [-0.39, 0.29) is 10.8 Å². The Morgan fingerprint density at radius 2 is 1.84 bits per heavy atom. The fourth-order valence-corrected chi connectivity index (χ4v) is 2.83. The van der Waals surface area contributed by atoms with Gasteiger partial charge in [0.2, 0.25) is 0 Å². The van der Waals surface area contributed by atoms with Gasteiger partial charge in [-0.15, -0.1) is 0 Å². The van der Waals surface area contributed by atoms with Crippen molar-refractivity contribution in [3.63, 3.8) is 0 Å². The van der Waals surface area contributed by atoms with Crippen molar-refractivity contribution < 1.29 is 8.78 Å². The smallest absolute Gasteiger partial charge is 0.161 e. The number of rotatable bonds is 2. The minimum Gasteiger partial charge on any atom is -0.280 e. The van der Waals surface area contributed by atoms with E-state index in [1.807, 2.05) is 6.92 Å². The van der Waals surface area contributed by atoms with Crippen LogP contribution in [0.25, 0.3) is 28.2 Å². The van der Waals surface area contributed by atoms with Crippen LogP contribution in [0.3, 0.4) is 0 Å². The summed E-state index contributed by atoms with van der Waals surface area (Å²) >= 11 is 5.72. The predicted molar refractivity (Wildman–Crippen MR) is 91.8 cm³/mol. The van der Waals surface area contributed by atoms with Gasteiger partial charge in [0.15, 0.2) is 5.82 Å². The molecule has 0 aliphatic heterocycles. The molecule has 2 aromatic heterocycles. The van der Waals surface area contributed by atoms with Crippen molar-refractivity contribution in [2.45, 2.75) is 6.92 Å². The van der Waals surface area contributed by atoms with Crippen molar-refractivity contribution in [2.24, 2.45) is 0 Å². The van der Waals surface area contributed by atoms with Crippen LogP contribution in [0.2, 0.25) is 5.02 Å². The van der Waals surface area contributed by atoms with Crippen LogP contribution in [0.1, 0.15) is 5.82 Å². The summed E-state index contributed by atoms with van der Waals surface area (Å²) in [5.41, 5.74) is 1.78. The average molecular weight is 357 g/mol. The second kappa shape index (κ2) is 5.89. The Morgan fingerprint density at radius 1 is 1.00 bits per heavy atom. The summed E-state index contributed by atoms with van der Waals surface area (Å²) < 4.78 is 28.9. The van der Waals surface area contributed by atoms with Crippen molar-refractivity contribution >= 4 is 22.6 Å². The lowest BCUT2D eigenvalue weighted by Gasteiger charge is -2.08. The van der Waals surface area contributed by atoms with Gasteiger partial charge in [-0.2, -0.15) is 0 Å². The van der Waals surface area contributed by atoms with Gasteiger partial charge in [-0.25, -0.2) is 23.7 Å². The molecule has 0 saturated heterocycles. The number of hydrogen-bond donors (Lipinski definition) is 0. The van der Waals surface area contributed by atoms with Crippen LogP contribution in [0.5, 0.6) is 0 Å². The third-order valence-corrected chi connectivity index (χ3v) is 4.14. The van der Waals surface area contributed by atoms with Gasteiger partial charge in [-0.05, 0) is 43.3 Å². The van der Waals surface area contributed by atoms with E-state index in [0.29, 0.717) is 28.5 Å². The van der Waals surface area contributed by atoms with Crippen molar-refractivity contribution in [3.8, 4) is 17.2 Å². The predicted octanol–water partition coefficient (Wildman–Crippen LogP) is 4.72. The minimum atomic E-state index is -0.534. The fourth-order valence-electron chi connectivity index (χ4n) is 2.71. The molecule has 0 aliphatic carbocycles. The largest absolute Gasteiger partial charge is 0.280 e. The molecule has 4 rings (SSSR count). The zero-order valence-electron chi connectivity index (χ0n) is 13.0. The Balaban J connectivity index is 1.87. The Kier molecular flexibility index (Phi) is 3.69. The number of fused-ring (bicyclic) bond motifs is 1. The summed E-state index contributed by atoms with van der Waals surface area (Å²) in [6, 6.07) is 10.5. The third kappa shape index (κ3) is 2.74. The van der Waals surface area contributed by atoms with E-state index in [0.717, 1.165) is 5.52 Å². The van der Waals surface area contributed by atoms with E-state index in [1.165, 1.54) is 24.3 Å². The summed E-state index contributed by atoms with van der Waals surface area (Å²) in [7, 11) is 0. The van der Waals surface area contributed by atoms with Crippen LogP contribution < -0.4 is 0 Å². The van der Waals surface area contributed by atoms with Crippen molar-refractivity contribution in [3.05, 3.63) is 71.1 Å². The fraction of sp³-hybridized carbons (Fsp3) is 0.0556. The van der Waals surface area contributed by atoms with Crippen LogP contribution in [0.4, 0.5) is 8.78 Å². The first-order valence-corrected chi connectivity index (χ1v) is 7.84. The minimum absolute atomic E-state index is 0.0402. The molecule has 0 amide bonds. The standard InChI is InChI=1S/C18H11ClF2N4/c1-10-23-15-9-12(20)3-5-16(15)25(10)17-6-7-22-18(24-17)11-2-4-13(19)14(21)8-11/h2-9H,1H3. The van der Waals surface area contributed by atoms with E-state index in [4.69, 9.17) is 11.6 Å². The second-order valence-corrected chi connectivity index (χ2v) is 5.90. The number of nitrogens with zero attached hydrogens (tertiary/aromatic N) is 4. The lowest BCUT2D eigenvalue weighted by molar-refractivity contribution is 0.628. The first-order chi connectivity index (χ1) is 12.0. The van der Waals surface area contributed by atoms with Crippen LogP contribution >= 0.6 is 11.6 Å². The van der Waals surface area contributed by atoms with Gasteiger partial charge >= 0.3 is 0 Å². The quantitative estimate of drug-likeness (QED) is 0.522. The molecule has 0 fully saturated rings. The highest BCUT2D eigenvalue weighted by Crippen LogP contribution is 2.24. The number of hydrogen-bond acceptors (Lipinski definition) is 3. The van der Waals surface area contributed by atoms with E-state index < -0.39 is 5.82 Å². The van der Waals surface area contributed by atoms with Gasteiger partial charge in [0.1, 0.15) is 23.3 Å². The first-order valence-electron chi connectivity index (χ1n) is 7.46. The maximum Gasteiger partial charge on any atom is 0.161 e. The van der Waals surface area contributed by atoms with Gasteiger partial charge in [0, 0.05) is 17.8 Å². The first kappa shape index (κ1) is 15.7. The molecule has 0 spiro atoms. The molecule has 0 atom stereocenters. The molecule has 4 aromatic rings. The average Bonchev–Trinajstić information content (AvgIpc) is 2.92. The van der Waals surface area contributed by atoms with Crippen molar-refractivity contribution in [1.82, 2.24) is 19.5 Å². The van der Waals surface area contributed by atoms with E-state index in [9.17, 15) is 8.78 Å². The summed E-state index contributed by atoms with van der Waals surface area (Å²) in [6.45, 7) is 1.81. The Bertz CT molecular complexity index is 1110. The number of imidazole rings is 1. The molecule has 0 bridgehead atoms. The Labute approximate surface area is 146 Å². The number of benzene rings is 2. The molecule has 0 N–H and O–H groups in total. The Hall–Kier alpha value is -2.86. The van der Waals surface area contributed by atoms with Gasteiger partial charge in [-0.3, -0.25) is 4.57 Å². The molecule has 25 heavy (non-hydrogen) atoms. The van der Waals surface area contributed by atoms with Gasteiger partial charge < -0.3 is 0 Å². The molecule has 0 unspecified atom stereocenters. The second-order valence-electron chi connectivity index (χ2n) is 5.49. The molecular weight excluding hydrogens is 346 g/mol. The normalized spacial score (nSPS) is 11.2. The topological polar surface area (TPSA) is 43.6 Å². The zero-order chi connectivity index (χ0) is 17.6. The molecule has 0 aliphatic rings. The zero-order valence-corrected chi connectivity index (χ0v) is 13.8. The van der Waals surface area contributed by atoms with E-state index >= 15 is 0 Å². The van der Waals surface area contributed by atoms with Crippen LogP contribution in [0, 0.1) is 18.6 Å². The maximum atomic E-state index is 13.7. The molecule has 2 heterocycles. The SMILES string of the molecule is Cc1nc2cc(F)ccc2n1-c1ccnc(-c2ccc(Cl)c(F)c2)n1. The molecule has 0 saturated carbocycles. The summed E-state index contributed by atoms with van der Waals surface area (Å²) in [5.74, 6) is 0.695. The highest BCUT2D eigenvalue weighted by Gasteiger charge is 2.13. The summed E-state index contributed by atoms with van der Waals surface area (Å²) in [5, 5.41) is 0.0402. The van der Waals surface area contributed by atoms with E-state index in [2.05, 4.69) is 15.0 Å². The van der Waals surface area contributed by atoms with Crippen LogP contribution in [-0.4, -0.2) is 19.5 Å². The van der Waals surface area contributed by atoms with Gasteiger partial charge in [0.25, 0.3) is 0 Å². The Morgan fingerprint density at radius 3 is 2.64 bits per heavy atom. The van der Waals surface area contributed by atoms with Crippen molar-refractivity contribution in [1.29, 1.82) is 0 Å². The van der Waals surface area contributed by atoms with Crippen LogP contribution in [-0.2, 0) is 0 Å². The van der Waals surface area contributed by atoms with E-state index in [1.54, 1.807) is 29.0 Å². The highest BCUT2D eigenvalue weighted by molar-refractivity contribution is 6.30. The molecule has 0 radical (unpaired) electrons. The number of halogens is 3. The lowest BCUT2D eigenvalue weighted by Crippen LogP contribution is -2.02. The maximum absolute atomic E-state index is 13.7. The van der Waals surface area contributed by atoms with Gasteiger partial charge in [0.05, 0.1) is 16.1 Å². The van der Waals surface area contributed by atoms with Crippen LogP contribution in [0.15, 0.2) is 48.7 Å². The lowest BCUT2D eigenvalue weighted by atomic mass is 10.2. The van der Waals surface area contributed by atoms with Crippen molar-refractivity contribution in [2.75, 3.05) is 0 Å². The summed E-state index contributed by atoms with van der Waals surface area (Å²) in [6.07, 6.45) is 1.58. The number of aryl methyl sites for hydroxylation is 1. The molecule has 2 aromatic carbocycles. The van der Waals surface area contributed by atoms with Gasteiger partial charge in [-0.1, -0.05) is 11.6 Å². The molecule has 7 heteroatoms. The molecule has 124 valence electrons. The number of aromatic nitrogens is 4. The summed E-state index contributed by atoms with van der Waals surface area (Å²) in [4.78, 5) is 13.1. The molecule has 4 nitrogen and oxygen atoms in total.